The summed E-state index contributed by atoms with van der Waals surface area (Å²) in [6.07, 6.45) is 4.82. The minimum absolute atomic E-state index is 0.0176. The molecule has 0 bridgehead atoms. The number of hydrogen-bond donors (Lipinski definition) is 0. The zero-order valence-electron chi connectivity index (χ0n) is 11.8. The van der Waals surface area contributed by atoms with E-state index in [4.69, 9.17) is 16.3 Å². The Morgan fingerprint density at radius 1 is 1.32 bits per heavy atom. The number of ketones is 1. The van der Waals surface area contributed by atoms with Gasteiger partial charge in [0.05, 0.1) is 11.1 Å². The van der Waals surface area contributed by atoms with Crippen LogP contribution in [0.4, 0.5) is 0 Å². The normalized spacial score (nSPS) is 19.2. The highest BCUT2D eigenvalue weighted by Crippen LogP contribution is 2.37. The van der Waals surface area contributed by atoms with Gasteiger partial charge in [-0.1, -0.05) is 25.4 Å². The molecule has 2 nitrogen and oxygen atoms in total. The Morgan fingerprint density at radius 3 is 2.47 bits per heavy atom. The first-order valence-corrected chi connectivity index (χ1v) is 7.22. The van der Waals surface area contributed by atoms with Crippen molar-refractivity contribution in [1.29, 1.82) is 0 Å². The standard InChI is InChI=1S/C16H21ClO2/c1-11(18)14-5-4-13(10-15(14)17)19-12-6-8-16(2,3)9-7-12/h4-5,10,12H,6-9H2,1-3H3. The van der Waals surface area contributed by atoms with E-state index in [2.05, 4.69) is 13.8 Å². The molecule has 1 aromatic rings. The number of rotatable bonds is 3. The SMILES string of the molecule is CC(=O)c1ccc(OC2CCC(C)(C)CC2)cc1Cl. The van der Waals surface area contributed by atoms with Gasteiger partial charge in [0.2, 0.25) is 0 Å². The van der Waals surface area contributed by atoms with Crippen LogP contribution in [0.1, 0.15) is 56.8 Å². The van der Waals surface area contributed by atoms with Crippen LogP contribution in [0, 0.1) is 5.41 Å². The Kier molecular flexibility index (Phi) is 4.19. The van der Waals surface area contributed by atoms with Crippen LogP contribution in [0.2, 0.25) is 5.02 Å². The molecule has 3 heteroatoms. The molecule has 1 fully saturated rings. The van der Waals surface area contributed by atoms with Gasteiger partial charge < -0.3 is 4.74 Å². The van der Waals surface area contributed by atoms with Crippen LogP contribution in [0.5, 0.6) is 5.75 Å². The number of hydrogen-bond acceptors (Lipinski definition) is 2. The lowest BCUT2D eigenvalue weighted by Crippen LogP contribution is -2.28. The number of benzene rings is 1. The van der Waals surface area contributed by atoms with Gasteiger partial charge in [-0.2, -0.15) is 0 Å². The maximum Gasteiger partial charge on any atom is 0.161 e. The van der Waals surface area contributed by atoms with E-state index in [-0.39, 0.29) is 11.9 Å². The van der Waals surface area contributed by atoms with Crippen molar-refractivity contribution >= 4 is 17.4 Å². The minimum Gasteiger partial charge on any atom is -0.490 e. The number of carbonyl (C=O) groups excluding carboxylic acids is 1. The van der Waals surface area contributed by atoms with Crippen molar-refractivity contribution in [1.82, 2.24) is 0 Å². The van der Waals surface area contributed by atoms with Gasteiger partial charge in [-0.15, -0.1) is 0 Å². The van der Waals surface area contributed by atoms with Gasteiger partial charge in [-0.25, -0.2) is 0 Å². The molecule has 0 aliphatic heterocycles. The molecule has 0 atom stereocenters. The van der Waals surface area contributed by atoms with Crippen LogP contribution >= 0.6 is 11.6 Å². The first-order valence-electron chi connectivity index (χ1n) is 6.84. The highest BCUT2D eigenvalue weighted by atomic mass is 35.5. The highest BCUT2D eigenvalue weighted by Gasteiger charge is 2.27. The van der Waals surface area contributed by atoms with Gasteiger partial charge in [-0.05, 0) is 56.2 Å². The molecule has 0 heterocycles. The average molecular weight is 281 g/mol. The zero-order valence-corrected chi connectivity index (χ0v) is 12.6. The Bertz CT molecular complexity index is 470. The van der Waals surface area contributed by atoms with Gasteiger partial charge >= 0.3 is 0 Å². The summed E-state index contributed by atoms with van der Waals surface area (Å²) in [7, 11) is 0. The van der Waals surface area contributed by atoms with Crippen LogP contribution in [0.3, 0.4) is 0 Å². The molecule has 0 unspecified atom stereocenters. The van der Waals surface area contributed by atoms with E-state index in [1.807, 2.05) is 6.07 Å². The molecule has 1 aliphatic rings. The fourth-order valence-corrected chi connectivity index (χ4v) is 2.84. The molecular formula is C16H21ClO2. The Morgan fingerprint density at radius 2 is 1.95 bits per heavy atom. The molecule has 0 spiro atoms. The summed E-state index contributed by atoms with van der Waals surface area (Å²) in [5.41, 5.74) is 0.995. The third kappa shape index (κ3) is 3.73. The van der Waals surface area contributed by atoms with Gasteiger partial charge in [0, 0.05) is 5.56 Å². The second kappa shape index (κ2) is 5.54. The lowest BCUT2D eigenvalue weighted by atomic mass is 9.76. The van der Waals surface area contributed by atoms with Crippen LogP contribution in [0.15, 0.2) is 18.2 Å². The van der Waals surface area contributed by atoms with Crippen molar-refractivity contribution in [3.8, 4) is 5.75 Å². The molecule has 1 aromatic carbocycles. The summed E-state index contributed by atoms with van der Waals surface area (Å²) in [6, 6.07) is 5.33. The van der Waals surface area contributed by atoms with Gasteiger partial charge in [-0.3, -0.25) is 4.79 Å². The first-order chi connectivity index (χ1) is 8.87. The number of carbonyl (C=O) groups is 1. The second-order valence-corrected chi connectivity index (χ2v) is 6.59. The van der Waals surface area contributed by atoms with E-state index in [0.29, 0.717) is 16.0 Å². The fourth-order valence-electron chi connectivity index (χ4n) is 2.54. The molecule has 2 rings (SSSR count). The zero-order chi connectivity index (χ0) is 14.0. The molecule has 0 aromatic heterocycles. The molecule has 0 N–H and O–H groups in total. The van der Waals surface area contributed by atoms with E-state index in [0.717, 1.165) is 18.6 Å². The molecule has 104 valence electrons. The third-order valence-corrected chi connectivity index (χ3v) is 4.22. The second-order valence-electron chi connectivity index (χ2n) is 6.18. The third-order valence-electron chi connectivity index (χ3n) is 3.91. The summed E-state index contributed by atoms with van der Waals surface area (Å²) >= 11 is 6.09. The quantitative estimate of drug-likeness (QED) is 0.737. The van der Waals surface area contributed by atoms with Crippen LogP contribution in [0.25, 0.3) is 0 Å². The van der Waals surface area contributed by atoms with Crippen molar-refractivity contribution in [3.05, 3.63) is 28.8 Å². The van der Waals surface area contributed by atoms with E-state index < -0.39 is 0 Å². The molecule has 0 radical (unpaired) electrons. The Hall–Kier alpha value is -1.02. The molecular weight excluding hydrogens is 260 g/mol. The van der Waals surface area contributed by atoms with Crippen molar-refractivity contribution in [3.63, 3.8) is 0 Å². The van der Waals surface area contributed by atoms with Crippen molar-refractivity contribution in [2.45, 2.75) is 52.6 Å². The predicted octanol–water partition coefficient (Wildman–Crippen LogP) is 4.89. The smallest absolute Gasteiger partial charge is 0.161 e. The van der Waals surface area contributed by atoms with Crippen molar-refractivity contribution < 1.29 is 9.53 Å². The first kappa shape index (κ1) is 14.4. The molecule has 0 amide bonds. The maximum absolute atomic E-state index is 11.3. The topological polar surface area (TPSA) is 26.3 Å². The monoisotopic (exact) mass is 280 g/mol. The summed E-state index contributed by atoms with van der Waals surface area (Å²) < 4.78 is 5.97. The predicted molar refractivity (Wildman–Crippen MR) is 78.1 cm³/mol. The Balaban J connectivity index is 2.01. The average Bonchev–Trinajstić information content (AvgIpc) is 2.31. The van der Waals surface area contributed by atoms with Crippen LogP contribution in [-0.4, -0.2) is 11.9 Å². The lowest BCUT2D eigenvalue weighted by molar-refractivity contribution is 0.0985. The van der Waals surface area contributed by atoms with Crippen molar-refractivity contribution in [2.75, 3.05) is 0 Å². The summed E-state index contributed by atoms with van der Waals surface area (Å²) in [5, 5.41) is 0.473. The van der Waals surface area contributed by atoms with Gasteiger partial charge in [0.25, 0.3) is 0 Å². The molecule has 19 heavy (non-hydrogen) atoms. The maximum atomic E-state index is 11.3. The summed E-state index contributed by atoms with van der Waals surface area (Å²) in [5.74, 6) is 0.746. The summed E-state index contributed by atoms with van der Waals surface area (Å²) in [6.45, 7) is 6.13. The van der Waals surface area contributed by atoms with E-state index in [9.17, 15) is 4.79 Å². The van der Waals surface area contributed by atoms with Gasteiger partial charge in [0.15, 0.2) is 5.78 Å². The fraction of sp³-hybridized carbons (Fsp3) is 0.562. The van der Waals surface area contributed by atoms with Crippen molar-refractivity contribution in [2.24, 2.45) is 5.41 Å². The number of ether oxygens (including phenoxy) is 1. The van der Waals surface area contributed by atoms with Crippen LogP contribution in [-0.2, 0) is 0 Å². The van der Waals surface area contributed by atoms with E-state index in [1.54, 1.807) is 12.1 Å². The number of halogens is 1. The molecule has 0 saturated heterocycles. The minimum atomic E-state index is -0.0176. The lowest BCUT2D eigenvalue weighted by Gasteiger charge is -2.34. The van der Waals surface area contributed by atoms with Gasteiger partial charge in [0.1, 0.15) is 5.75 Å². The number of Topliss-reactive ketones (excluding diaryl/α,β-unsaturated/α-hetero) is 1. The van der Waals surface area contributed by atoms with E-state index in [1.165, 1.54) is 19.8 Å². The summed E-state index contributed by atoms with van der Waals surface area (Å²) in [4.78, 5) is 11.3. The highest BCUT2D eigenvalue weighted by molar-refractivity contribution is 6.34. The largest absolute Gasteiger partial charge is 0.490 e. The Labute approximate surface area is 120 Å². The van der Waals surface area contributed by atoms with Crippen LogP contribution < -0.4 is 4.74 Å². The molecule has 1 aliphatic carbocycles. The van der Waals surface area contributed by atoms with E-state index >= 15 is 0 Å². The molecule has 1 saturated carbocycles.